The summed E-state index contributed by atoms with van der Waals surface area (Å²) in [6.45, 7) is 5.87. The highest BCUT2D eigenvalue weighted by Gasteiger charge is 2.27. The number of hydrogen-bond acceptors (Lipinski definition) is 4. The number of ether oxygens (including phenoxy) is 1. The number of nitrogens with zero attached hydrogens (tertiary/aromatic N) is 1. The van der Waals surface area contributed by atoms with E-state index in [4.69, 9.17) is 4.74 Å². The Labute approximate surface area is 165 Å². The third-order valence-corrected chi connectivity index (χ3v) is 6.54. The van der Waals surface area contributed by atoms with Crippen LogP contribution >= 0.6 is 0 Å². The molecule has 1 N–H and O–H groups in total. The lowest BCUT2D eigenvalue weighted by atomic mass is 10.1. The van der Waals surface area contributed by atoms with Crippen LogP contribution in [0.2, 0.25) is 0 Å². The van der Waals surface area contributed by atoms with Gasteiger partial charge in [-0.2, -0.15) is 4.31 Å². The van der Waals surface area contributed by atoms with Crippen molar-refractivity contribution in [2.24, 2.45) is 0 Å². The Morgan fingerprint density at radius 2 is 1.75 bits per heavy atom. The Morgan fingerprint density at radius 3 is 2.29 bits per heavy atom. The highest BCUT2D eigenvalue weighted by Crippen LogP contribution is 2.28. The number of sulfonamides is 1. The van der Waals surface area contributed by atoms with Crippen LogP contribution in [0, 0.1) is 5.82 Å². The van der Waals surface area contributed by atoms with Crippen molar-refractivity contribution < 1.29 is 22.3 Å². The lowest BCUT2D eigenvalue weighted by molar-refractivity contribution is 0.0939. The van der Waals surface area contributed by atoms with Gasteiger partial charge >= 0.3 is 0 Å². The number of halogens is 1. The maximum Gasteiger partial charge on any atom is 0.251 e. The standard InChI is InChI=1S/C20H25FN2O4S/c1-5-23(6-2)28(25,26)19-13-16(9-12-18(19)27-4)20(24)22-14(3)15-7-10-17(21)11-8-15/h7-14H,5-6H2,1-4H3,(H,22,24)/t14-/m0/s1. The van der Waals surface area contributed by atoms with Crippen LogP contribution in [-0.4, -0.2) is 38.8 Å². The van der Waals surface area contributed by atoms with Crippen molar-refractivity contribution in [3.8, 4) is 5.75 Å². The fraction of sp³-hybridized carbons (Fsp3) is 0.350. The fourth-order valence-corrected chi connectivity index (χ4v) is 4.48. The molecule has 8 heteroatoms. The van der Waals surface area contributed by atoms with Gasteiger partial charge in [-0.25, -0.2) is 12.8 Å². The molecular weight excluding hydrogens is 383 g/mol. The number of nitrogens with one attached hydrogen (secondary N) is 1. The summed E-state index contributed by atoms with van der Waals surface area (Å²) in [5.74, 6) is -0.616. The van der Waals surface area contributed by atoms with Crippen molar-refractivity contribution in [2.75, 3.05) is 20.2 Å². The number of carbonyl (C=O) groups is 1. The van der Waals surface area contributed by atoms with Crippen molar-refractivity contribution >= 4 is 15.9 Å². The summed E-state index contributed by atoms with van der Waals surface area (Å²) in [4.78, 5) is 12.6. The predicted molar refractivity (Wildman–Crippen MR) is 105 cm³/mol. The van der Waals surface area contributed by atoms with E-state index in [1.165, 1.54) is 41.7 Å². The van der Waals surface area contributed by atoms with Crippen LogP contribution in [0.4, 0.5) is 4.39 Å². The molecule has 6 nitrogen and oxygen atoms in total. The highest BCUT2D eigenvalue weighted by molar-refractivity contribution is 7.89. The Hall–Kier alpha value is -2.45. The van der Waals surface area contributed by atoms with Crippen molar-refractivity contribution in [2.45, 2.75) is 31.7 Å². The maximum atomic E-state index is 13.1. The number of amides is 1. The van der Waals surface area contributed by atoms with Crippen LogP contribution in [0.25, 0.3) is 0 Å². The van der Waals surface area contributed by atoms with Crippen molar-refractivity contribution in [3.05, 3.63) is 59.4 Å². The minimum atomic E-state index is -3.80. The molecule has 1 atom stereocenters. The van der Waals surface area contributed by atoms with Gasteiger partial charge in [-0.15, -0.1) is 0 Å². The molecule has 0 saturated carbocycles. The quantitative estimate of drug-likeness (QED) is 0.727. The number of rotatable bonds is 8. The SMILES string of the molecule is CCN(CC)S(=O)(=O)c1cc(C(=O)N[C@@H](C)c2ccc(F)cc2)ccc1OC. The summed E-state index contributed by atoms with van der Waals surface area (Å²) >= 11 is 0. The zero-order valence-corrected chi connectivity index (χ0v) is 17.2. The number of carbonyl (C=O) groups excluding carboxylic acids is 1. The molecule has 0 saturated heterocycles. The van der Waals surface area contributed by atoms with Gasteiger partial charge in [-0.05, 0) is 42.8 Å². The first-order valence-electron chi connectivity index (χ1n) is 8.99. The van der Waals surface area contributed by atoms with E-state index in [9.17, 15) is 17.6 Å². The van der Waals surface area contributed by atoms with Gasteiger partial charge in [-0.3, -0.25) is 4.79 Å². The number of hydrogen-bond donors (Lipinski definition) is 1. The van der Waals surface area contributed by atoms with Crippen LogP contribution in [0.5, 0.6) is 5.75 Å². The monoisotopic (exact) mass is 408 g/mol. The molecular formula is C20H25FN2O4S. The molecule has 0 unspecified atom stereocenters. The highest BCUT2D eigenvalue weighted by atomic mass is 32.2. The van der Waals surface area contributed by atoms with Crippen LogP contribution in [-0.2, 0) is 10.0 Å². The van der Waals surface area contributed by atoms with Gasteiger partial charge in [0.25, 0.3) is 5.91 Å². The molecule has 28 heavy (non-hydrogen) atoms. The normalized spacial score (nSPS) is 12.6. The van der Waals surface area contributed by atoms with E-state index in [0.29, 0.717) is 13.1 Å². The van der Waals surface area contributed by atoms with Crippen LogP contribution in [0.1, 0.15) is 42.7 Å². The third-order valence-electron chi connectivity index (χ3n) is 4.47. The first-order valence-corrected chi connectivity index (χ1v) is 10.4. The van der Waals surface area contributed by atoms with Gasteiger partial charge in [-0.1, -0.05) is 26.0 Å². The smallest absolute Gasteiger partial charge is 0.251 e. The average molecular weight is 408 g/mol. The van der Waals surface area contributed by atoms with Gasteiger partial charge in [0.05, 0.1) is 13.2 Å². The lowest BCUT2D eigenvalue weighted by Gasteiger charge is -2.21. The Bertz CT molecular complexity index is 926. The maximum absolute atomic E-state index is 13.1. The molecule has 0 fully saturated rings. The van der Waals surface area contributed by atoms with Crippen LogP contribution in [0.3, 0.4) is 0 Å². The number of methoxy groups -OCH3 is 1. The molecule has 0 radical (unpaired) electrons. The molecule has 0 aliphatic carbocycles. The Kier molecular flexibility index (Phi) is 7.15. The lowest BCUT2D eigenvalue weighted by Crippen LogP contribution is -2.31. The van der Waals surface area contributed by atoms with E-state index in [2.05, 4.69) is 5.32 Å². The second-order valence-electron chi connectivity index (χ2n) is 6.20. The van der Waals surface area contributed by atoms with Crippen LogP contribution < -0.4 is 10.1 Å². The minimum absolute atomic E-state index is 0.0548. The van der Waals surface area contributed by atoms with E-state index in [-0.39, 0.29) is 28.1 Å². The molecule has 2 rings (SSSR count). The summed E-state index contributed by atoms with van der Waals surface area (Å²) in [5.41, 5.74) is 0.930. The average Bonchev–Trinajstić information content (AvgIpc) is 2.68. The molecule has 0 spiro atoms. The van der Waals surface area contributed by atoms with Gasteiger partial charge in [0.15, 0.2) is 0 Å². The topological polar surface area (TPSA) is 75.7 Å². The van der Waals surface area contributed by atoms with E-state index in [1.54, 1.807) is 32.9 Å². The first kappa shape index (κ1) is 21.8. The molecule has 0 bridgehead atoms. The second-order valence-corrected chi connectivity index (χ2v) is 8.11. The third kappa shape index (κ3) is 4.69. The number of benzene rings is 2. The first-order chi connectivity index (χ1) is 13.2. The molecule has 0 heterocycles. The molecule has 1 amide bonds. The molecule has 0 aliphatic heterocycles. The molecule has 2 aromatic carbocycles. The molecule has 2 aromatic rings. The van der Waals surface area contributed by atoms with E-state index >= 15 is 0 Å². The summed E-state index contributed by atoms with van der Waals surface area (Å²) in [6, 6.07) is 9.73. The zero-order chi connectivity index (χ0) is 20.9. The Balaban J connectivity index is 2.33. The van der Waals surface area contributed by atoms with E-state index in [0.717, 1.165) is 5.56 Å². The second kappa shape index (κ2) is 9.16. The largest absolute Gasteiger partial charge is 0.495 e. The van der Waals surface area contributed by atoms with Gasteiger partial charge < -0.3 is 10.1 Å². The predicted octanol–water partition coefficient (Wildman–Crippen LogP) is 3.36. The summed E-state index contributed by atoms with van der Waals surface area (Å²) in [6.07, 6.45) is 0. The fourth-order valence-electron chi connectivity index (χ4n) is 2.84. The van der Waals surface area contributed by atoms with Crippen LogP contribution in [0.15, 0.2) is 47.4 Å². The van der Waals surface area contributed by atoms with E-state index in [1.807, 2.05) is 0 Å². The summed E-state index contributed by atoms with van der Waals surface area (Å²) < 4.78 is 45.4. The summed E-state index contributed by atoms with van der Waals surface area (Å²) in [5, 5.41) is 2.79. The van der Waals surface area contributed by atoms with Gasteiger partial charge in [0, 0.05) is 18.7 Å². The zero-order valence-electron chi connectivity index (χ0n) is 16.4. The van der Waals surface area contributed by atoms with Gasteiger partial charge in [0.1, 0.15) is 16.5 Å². The molecule has 0 aliphatic rings. The van der Waals surface area contributed by atoms with Crippen molar-refractivity contribution in [3.63, 3.8) is 0 Å². The summed E-state index contributed by atoms with van der Waals surface area (Å²) in [7, 11) is -2.42. The van der Waals surface area contributed by atoms with Crippen molar-refractivity contribution in [1.82, 2.24) is 9.62 Å². The van der Waals surface area contributed by atoms with Crippen molar-refractivity contribution in [1.29, 1.82) is 0 Å². The van der Waals surface area contributed by atoms with E-state index < -0.39 is 15.9 Å². The minimum Gasteiger partial charge on any atom is -0.495 e. The molecule has 152 valence electrons. The van der Waals surface area contributed by atoms with Gasteiger partial charge in [0.2, 0.25) is 10.0 Å². The molecule has 0 aromatic heterocycles. The Morgan fingerprint density at radius 1 is 1.14 bits per heavy atom.